The van der Waals surface area contributed by atoms with Crippen LogP contribution in [0.4, 0.5) is 10.2 Å². The first-order valence-electron chi connectivity index (χ1n) is 5.02. The molecule has 0 atom stereocenters. The summed E-state index contributed by atoms with van der Waals surface area (Å²) < 4.78 is 13.5. The summed E-state index contributed by atoms with van der Waals surface area (Å²) >= 11 is 6.01. The molecule has 0 aliphatic heterocycles. The number of aryl methyl sites for hydroxylation is 1. The van der Waals surface area contributed by atoms with Gasteiger partial charge in [-0.1, -0.05) is 11.6 Å². The quantitative estimate of drug-likeness (QED) is 0.857. The lowest BCUT2D eigenvalue weighted by Crippen LogP contribution is -1.99. The Morgan fingerprint density at radius 3 is 2.72 bits per heavy atom. The first-order chi connectivity index (χ1) is 8.51. The molecule has 0 aliphatic rings. The van der Waals surface area contributed by atoms with E-state index in [1.165, 1.54) is 18.2 Å². The molecule has 0 saturated carbocycles. The lowest BCUT2D eigenvalue weighted by Gasteiger charge is -2.06. The number of aromatic nitrogens is 2. The van der Waals surface area contributed by atoms with Gasteiger partial charge in [0.25, 0.3) is 0 Å². The normalized spacial score (nSPS) is 10.1. The zero-order valence-electron chi connectivity index (χ0n) is 9.41. The molecule has 1 aromatic heterocycles. The molecule has 4 nitrogen and oxygen atoms in total. The molecular formula is C12H8ClFN4. The molecule has 1 aromatic carbocycles. The average Bonchev–Trinajstić information content (AvgIpc) is 2.33. The summed E-state index contributed by atoms with van der Waals surface area (Å²) in [5.74, 6) is -0.150. The van der Waals surface area contributed by atoms with Gasteiger partial charge in [-0.05, 0) is 24.6 Å². The molecule has 0 aliphatic carbocycles. The molecule has 1 heterocycles. The number of hydrogen-bond acceptors (Lipinski definition) is 4. The van der Waals surface area contributed by atoms with Gasteiger partial charge < -0.3 is 5.73 Å². The molecule has 2 aromatic rings. The summed E-state index contributed by atoms with van der Waals surface area (Å²) in [6.07, 6.45) is 0. The van der Waals surface area contributed by atoms with Crippen LogP contribution in [0.2, 0.25) is 5.02 Å². The van der Waals surface area contributed by atoms with Crippen molar-refractivity contribution in [2.75, 3.05) is 5.73 Å². The van der Waals surface area contributed by atoms with E-state index in [1.807, 2.05) is 6.07 Å². The minimum atomic E-state index is -0.418. The molecule has 18 heavy (non-hydrogen) atoms. The number of hydrogen-bond donors (Lipinski definition) is 1. The first-order valence-corrected chi connectivity index (χ1v) is 5.39. The van der Waals surface area contributed by atoms with Crippen LogP contribution in [0.15, 0.2) is 18.2 Å². The van der Waals surface area contributed by atoms with Gasteiger partial charge in [0.2, 0.25) is 0 Å². The lowest BCUT2D eigenvalue weighted by molar-refractivity contribution is 0.619. The van der Waals surface area contributed by atoms with Crippen molar-refractivity contribution >= 4 is 17.4 Å². The zero-order valence-corrected chi connectivity index (χ0v) is 10.2. The third kappa shape index (κ3) is 2.24. The highest BCUT2D eigenvalue weighted by Crippen LogP contribution is 2.28. The second-order valence-electron chi connectivity index (χ2n) is 3.69. The van der Waals surface area contributed by atoms with Crippen LogP contribution in [0, 0.1) is 24.1 Å². The van der Waals surface area contributed by atoms with Crippen LogP contribution in [0.25, 0.3) is 11.4 Å². The van der Waals surface area contributed by atoms with Crippen LogP contribution in [-0.4, -0.2) is 9.97 Å². The van der Waals surface area contributed by atoms with Crippen molar-refractivity contribution < 1.29 is 4.39 Å². The Labute approximate surface area is 108 Å². The van der Waals surface area contributed by atoms with Gasteiger partial charge in [0.15, 0.2) is 5.82 Å². The fourth-order valence-electron chi connectivity index (χ4n) is 1.46. The van der Waals surface area contributed by atoms with Gasteiger partial charge >= 0.3 is 0 Å². The number of halogens is 2. The first kappa shape index (κ1) is 12.3. The molecule has 0 spiro atoms. The third-order valence-electron chi connectivity index (χ3n) is 2.35. The summed E-state index contributed by atoms with van der Waals surface area (Å²) in [5.41, 5.74) is 6.39. The predicted molar refractivity (Wildman–Crippen MR) is 66.3 cm³/mol. The van der Waals surface area contributed by atoms with Crippen molar-refractivity contribution in [3.8, 4) is 17.5 Å². The molecule has 2 rings (SSSR count). The molecule has 0 amide bonds. The fourth-order valence-corrected chi connectivity index (χ4v) is 1.76. The van der Waals surface area contributed by atoms with Gasteiger partial charge in [-0.25, -0.2) is 14.4 Å². The Morgan fingerprint density at radius 2 is 2.06 bits per heavy atom. The molecular weight excluding hydrogens is 255 g/mol. The Hall–Kier alpha value is -2.19. The highest BCUT2D eigenvalue weighted by atomic mass is 35.5. The Balaban J connectivity index is 2.66. The number of anilines is 1. The van der Waals surface area contributed by atoms with E-state index in [0.29, 0.717) is 16.1 Å². The Kier molecular flexibility index (Phi) is 3.13. The number of benzene rings is 1. The monoisotopic (exact) mass is 262 g/mol. The topological polar surface area (TPSA) is 75.6 Å². The van der Waals surface area contributed by atoms with E-state index in [1.54, 1.807) is 6.92 Å². The number of rotatable bonds is 1. The summed E-state index contributed by atoms with van der Waals surface area (Å²) in [6.45, 7) is 1.60. The van der Waals surface area contributed by atoms with Gasteiger partial charge in [0, 0.05) is 11.6 Å². The van der Waals surface area contributed by atoms with E-state index in [-0.39, 0.29) is 17.3 Å². The SMILES string of the molecule is Cc1cc(Cl)c(-c2nc(N)cc(C#N)n2)cc1F. The van der Waals surface area contributed by atoms with Crippen molar-refractivity contribution in [1.82, 2.24) is 9.97 Å². The van der Waals surface area contributed by atoms with Crippen molar-refractivity contribution in [3.63, 3.8) is 0 Å². The second-order valence-corrected chi connectivity index (χ2v) is 4.10. The summed E-state index contributed by atoms with van der Waals surface area (Å²) in [5, 5.41) is 9.11. The Morgan fingerprint density at radius 1 is 1.33 bits per heavy atom. The van der Waals surface area contributed by atoms with Gasteiger partial charge in [0.05, 0.1) is 5.02 Å². The van der Waals surface area contributed by atoms with Crippen LogP contribution >= 0.6 is 11.6 Å². The average molecular weight is 263 g/mol. The second kappa shape index (κ2) is 4.59. The maximum atomic E-state index is 13.5. The highest BCUT2D eigenvalue weighted by Gasteiger charge is 2.12. The largest absolute Gasteiger partial charge is 0.384 e. The van der Waals surface area contributed by atoms with Crippen molar-refractivity contribution in [3.05, 3.63) is 40.3 Å². The molecule has 0 saturated heterocycles. The maximum Gasteiger partial charge on any atom is 0.164 e. The van der Waals surface area contributed by atoms with E-state index in [4.69, 9.17) is 22.6 Å². The molecule has 6 heteroatoms. The fraction of sp³-hybridized carbons (Fsp3) is 0.0833. The number of nitriles is 1. The van der Waals surface area contributed by atoms with Crippen molar-refractivity contribution in [2.45, 2.75) is 6.92 Å². The van der Waals surface area contributed by atoms with Crippen LogP contribution < -0.4 is 5.73 Å². The van der Waals surface area contributed by atoms with Crippen molar-refractivity contribution in [1.29, 1.82) is 5.26 Å². The predicted octanol–water partition coefficient (Wildman–Crippen LogP) is 2.70. The smallest absolute Gasteiger partial charge is 0.164 e. The zero-order chi connectivity index (χ0) is 13.3. The van der Waals surface area contributed by atoms with Gasteiger partial charge in [-0.3, -0.25) is 0 Å². The highest BCUT2D eigenvalue weighted by molar-refractivity contribution is 6.33. The number of nitrogen functional groups attached to an aromatic ring is 1. The molecule has 0 bridgehead atoms. The summed E-state index contributed by atoms with van der Waals surface area (Å²) in [4.78, 5) is 7.90. The van der Waals surface area contributed by atoms with Crippen molar-refractivity contribution in [2.24, 2.45) is 0 Å². The summed E-state index contributed by atoms with van der Waals surface area (Å²) in [6, 6.07) is 5.90. The van der Waals surface area contributed by atoms with Gasteiger partial charge in [-0.15, -0.1) is 0 Å². The minimum absolute atomic E-state index is 0.106. The van der Waals surface area contributed by atoms with Gasteiger partial charge in [0.1, 0.15) is 23.4 Å². The van der Waals surface area contributed by atoms with E-state index >= 15 is 0 Å². The standard InChI is InChI=1S/C12H8ClFN4/c1-6-2-9(13)8(4-10(6)14)12-17-7(5-15)3-11(16)18-12/h2-4H,1H3,(H2,16,17,18). The molecule has 90 valence electrons. The van der Waals surface area contributed by atoms with Crippen LogP contribution in [0.3, 0.4) is 0 Å². The molecule has 0 radical (unpaired) electrons. The van der Waals surface area contributed by atoms with Crippen LogP contribution in [-0.2, 0) is 0 Å². The van der Waals surface area contributed by atoms with E-state index in [9.17, 15) is 4.39 Å². The van der Waals surface area contributed by atoms with Crippen LogP contribution in [0.5, 0.6) is 0 Å². The van der Waals surface area contributed by atoms with E-state index in [0.717, 1.165) is 0 Å². The van der Waals surface area contributed by atoms with E-state index < -0.39 is 5.82 Å². The maximum absolute atomic E-state index is 13.5. The molecule has 0 fully saturated rings. The number of nitrogens with zero attached hydrogens (tertiary/aromatic N) is 3. The number of nitrogens with two attached hydrogens (primary N) is 1. The molecule has 0 unspecified atom stereocenters. The van der Waals surface area contributed by atoms with Crippen LogP contribution in [0.1, 0.15) is 11.3 Å². The Bertz CT molecular complexity index is 664. The third-order valence-corrected chi connectivity index (χ3v) is 2.66. The summed E-state index contributed by atoms with van der Waals surface area (Å²) in [7, 11) is 0. The van der Waals surface area contributed by atoms with E-state index in [2.05, 4.69) is 9.97 Å². The van der Waals surface area contributed by atoms with Gasteiger partial charge in [-0.2, -0.15) is 5.26 Å². The molecule has 2 N–H and O–H groups in total. The lowest BCUT2D eigenvalue weighted by atomic mass is 10.1. The minimum Gasteiger partial charge on any atom is -0.384 e.